The summed E-state index contributed by atoms with van der Waals surface area (Å²) in [6, 6.07) is 5.30. The highest BCUT2D eigenvalue weighted by molar-refractivity contribution is 6.31. The van der Waals surface area contributed by atoms with Crippen molar-refractivity contribution in [3.63, 3.8) is 0 Å². The van der Waals surface area contributed by atoms with Crippen molar-refractivity contribution in [2.24, 2.45) is 5.73 Å². The van der Waals surface area contributed by atoms with Crippen LogP contribution in [0.4, 0.5) is 0 Å². The van der Waals surface area contributed by atoms with E-state index in [1.54, 1.807) is 25.1 Å². The molecule has 1 aromatic carbocycles. The summed E-state index contributed by atoms with van der Waals surface area (Å²) in [6.45, 7) is 7.68. The Morgan fingerprint density at radius 1 is 1.50 bits per heavy atom. The zero-order chi connectivity index (χ0) is 14.6. The van der Waals surface area contributed by atoms with Crippen LogP contribution in [0.1, 0.15) is 26.3 Å². The topological polar surface area (TPSA) is 64.3 Å². The maximum atomic E-state index is 11.8. The molecule has 0 aliphatic carbocycles. The molecule has 0 aliphatic heterocycles. The lowest BCUT2D eigenvalue weighted by Gasteiger charge is -2.21. The molecule has 0 spiro atoms. The molecule has 0 bridgehead atoms. The fraction of sp³-hybridized carbons (Fsp3) is 0.500. The summed E-state index contributed by atoms with van der Waals surface area (Å²) in [7, 11) is 0. The van der Waals surface area contributed by atoms with E-state index in [9.17, 15) is 4.79 Å². The van der Waals surface area contributed by atoms with Crippen LogP contribution >= 0.6 is 24.0 Å². The highest BCUT2D eigenvalue weighted by Crippen LogP contribution is 2.21. The van der Waals surface area contributed by atoms with Crippen LogP contribution in [0.25, 0.3) is 0 Å². The smallest absolute Gasteiger partial charge is 0.260 e. The van der Waals surface area contributed by atoms with Gasteiger partial charge in [-0.1, -0.05) is 11.6 Å². The third kappa shape index (κ3) is 6.46. The maximum absolute atomic E-state index is 11.8. The number of benzene rings is 1. The van der Waals surface area contributed by atoms with Crippen LogP contribution in [0.15, 0.2) is 18.2 Å². The molecule has 1 amide bonds. The molecule has 1 aromatic rings. The van der Waals surface area contributed by atoms with Crippen LogP contribution in [-0.2, 0) is 4.79 Å². The number of nitrogens with one attached hydrogen (secondary N) is 1. The molecule has 0 saturated carbocycles. The third-order valence-electron chi connectivity index (χ3n) is 2.53. The Balaban J connectivity index is 0.00000361. The average Bonchev–Trinajstić information content (AvgIpc) is 2.29. The molecular formula is C14H22Cl2N2O2. The van der Waals surface area contributed by atoms with Crippen molar-refractivity contribution in [3.05, 3.63) is 28.8 Å². The number of aryl methyl sites for hydroxylation is 1. The van der Waals surface area contributed by atoms with Crippen LogP contribution in [0.3, 0.4) is 0 Å². The number of amides is 1. The molecule has 6 heteroatoms. The molecule has 0 radical (unpaired) electrons. The largest absolute Gasteiger partial charge is 0.481 e. The van der Waals surface area contributed by atoms with Crippen LogP contribution in [0, 0.1) is 6.92 Å². The predicted octanol–water partition coefficient (Wildman–Crippen LogP) is 2.69. The highest BCUT2D eigenvalue weighted by Gasteiger charge is 2.18. The first kappa shape index (κ1) is 19.0. The van der Waals surface area contributed by atoms with Gasteiger partial charge in [0, 0.05) is 17.1 Å². The number of rotatable bonds is 5. The van der Waals surface area contributed by atoms with Crippen molar-refractivity contribution in [1.82, 2.24) is 5.32 Å². The summed E-state index contributed by atoms with van der Waals surface area (Å²) < 4.78 is 5.57. The SMILES string of the molecule is Cc1cc(OC(C)C(=O)NCC(C)(C)N)ccc1Cl.Cl. The summed E-state index contributed by atoms with van der Waals surface area (Å²) in [5.74, 6) is 0.433. The first-order chi connectivity index (χ1) is 8.69. The lowest BCUT2D eigenvalue weighted by atomic mass is 10.1. The van der Waals surface area contributed by atoms with Gasteiger partial charge in [0.2, 0.25) is 0 Å². The average molecular weight is 321 g/mol. The van der Waals surface area contributed by atoms with Gasteiger partial charge in [0.05, 0.1) is 0 Å². The van der Waals surface area contributed by atoms with Crippen molar-refractivity contribution >= 4 is 29.9 Å². The minimum Gasteiger partial charge on any atom is -0.481 e. The number of ether oxygens (including phenoxy) is 1. The molecule has 1 unspecified atom stereocenters. The third-order valence-corrected chi connectivity index (χ3v) is 2.95. The molecule has 0 aliphatic rings. The normalized spacial score (nSPS) is 12.3. The lowest BCUT2D eigenvalue weighted by molar-refractivity contribution is -0.127. The van der Waals surface area contributed by atoms with E-state index in [2.05, 4.69) is 5.32 Å². The Labute approximate surface area is 131 Å². The predicted molar refractivity (Wildman–Crippen MR) is 84.8 cm³/mol. The Morgan fingerprint density at radius 3 is 2.60 bits per heavy atom. The quantitative estimate of drug-likeness (QED) is 0.876. The number of halogens is 2. The molecule has 114 valence electrons. The van der Waals surface area contributed by atoms with Crippen molar-refractivity contribution in [2.45, 2.75) is 39.3 Å². The number of nitrogens with two attached hydrogens (primary N) is 1. The minimum atomic E-state index is -0.581. The number of hydrogen-bond acceptors (Lipinski definition) is 3. The molecule has 0 saturated heterocycles. The Bertz CT molecular complexity index is 459. The van der Waals surface area contributed by atoms with Crippen molar-refractivity contribution in [1.29, 1.82) is 0 Å². The van der Waals surface area contributed by atoms with E-state index in [0.717, 1.165) is 5.56 Å². The van der Waals surface area contributed by atoms with Crippen LogP contribution in [0.5, 0.6) is 5.75 Å². The second-order valence-corrected chi connectivity index (χ2v) is 5.78. The molecule has 0 aromatic heterocycles. The summed E-state index contributed by atoms with van der Waals surface area (Å²) in [6.07, 6.45) is -0.581. The Morgan fingerprint density at radius 2 is 2.10 bits per heavy atom. The van der Waals surface area contributed by atoms with E-state index in [1.807, 2.05) is 20.8 Å². The van der Waals surface area contributed by atoms with Crippen molar-refractivity contribution in [2.75, 3.05) is 6.54 Å². The standard InChI is InChI=1S/C14H21ClN2O2.ClH/c1-9-7-11(5-6-12(9)15)19-10(2)13(18)17-8-14(3,4)16;/h5-7,10H,8,16H2,1-4H3,(H,17,18);1H. The van der Waals surface area contributed by atoms with Crippen molar-refractivity contribution in [3.8, 4) is 5.75 Å². The highest BCUT2D eigenvalue weighted by atomic mass is 35.5. The van der Waals surface area contributed by atoms with Crippen LogP contribution < -0.4 is 15.8 Å². The van der Waals surface area contributed by atoms with Crippen LogP contribution in [0.2, 0.25) is 5.02 Å². The molecule has 1 rings (SSSR count). The molecule has 1 atom stereocenters. The first-order valence-corrected chi connectivity index (χ1v) is 6.56. The van der Waals surface area contributed by atoms with Gasteiger partial charge in [-0.15, -0.1) is 12.4 Å². The number of hydrogen-bond donors (Lipinski definition) is 2. The van der Waals surface area contributed by atoms with E-state index in [0.29, 0.717) is 17.3 Å². The maximum Gasteiger partial charge on any atom is 0.260 e. The van der Waals surface area contributed by atoms with Gasteiger partial charge < -0.3 is 15.8 Å². The zero-order valence-electron chi connectivity index (χ0n) is 12.2. The van der Waals surface area contributed by atoms with E-state index >= 15 is 0 Å². The molecule has 4 nitrogen and oxygen atoms in total. The summed E-state index contributed by atoms with van der Waals surface area (Å²) in [5, 5.41) is 3.43. The van der Waals surface area contributed by atoms with Gasteiger partial charge in [-0.25, -0.2) is 0 Å². The monoisotopic (exact) mass is 320 g/mol. The molecule has 3 N–H and O–H groups in total. The minimum absolute atomic E-state index is 0. The van der Waals surface area contributed by atoms with E-state index < -0.39 is 11.6 Å². The van der Waals surface area contributed by atoms with Crippen LogP contribution in [-0.4, -0.2) is 24.1 Å². The molecule has 0 heterocycles. The van der Waals surface area contributed by atoms with Gasteiger partial charge in [0.1, 0.15) is 5.75 Å². The van der Waals surface area contributed by atoms with E-state index in [4.69, 9.17) is 22.1 Å². The van der Waals surface area contributed by atoms with Gasteiger partial charge in [-0.2, -0.15) is 0 Å². The van der Waals surface area contributed by atoms with Gasteiger partial charge in [0.25, 0.3) is 5.91 Å². The fourth-order valence-electron chi connectivity index (χ4n) is 1.41. The zero-order valence-corrected chi connectivity index (χ0v) is 13.8. The van der Waals surface area contributed by atoms with E-state index in [1.165, 1.54) is 0 Å². The second kappa shape index (κ2) is 7.72. The Hall–Kier alpha value is -0.970. The van der Waals surface area contributed by atoms with Gasteiger partial charge in [-0.05, 0) is 51.5 Å². The summed E-state index contributed by atoms with van der Waals surface area (Å²) in [4.78, 5) is 11.8. The lowest BCUT2D eigenvalue weighted by Crippen LogP contribution is -2.48. The van der Waals surface area contributed by atoms with Gasteiger partial charge >= 0.3 is 0 Å². The second-order valence-electron chi connectivity index (χ2n) is 5.38. The Kier molecular flexibility index (Phi) is 7.34. The molecule has 20 heavy (non-hydrogen) atoms. The molecule has 0 fully saturated rings. The van der Waals surface area contributed by atoms with Crippen molar-refractivity contribution < 1.29 is 9.53 Å². The number of carbonyl (C=O) groups is 1. The summed E-state index contributed by atoms with van der Waals surface area (Å²) >= 11 is 5.93. The van der Waals surface area contributed by atoms with Gasteiger partial charge in [-0.3, -0.25) is 4.79 Å². The number of carbonyl (C=O) groups excluding carboxylic acids is 1. The summed E-state index contributed by atoms with van der Waals surface area (Å²) in [5.41, 5.74) is 6.28. The van der Waals surface area contributed by atoms with E-state index in [-0.39, 0.29) is 18.3 Å². The first-order valence-electron chi connectivity index (χ1n) is 6.18. The van der Waals surface area contributed by atoms with Gasteiger partial charge in [0.15, 0.2) is 6.10 Å². The fourth-order valence-corrected chi connectivity index (χ4v) is 1.52. The molecular weight excluding hydrogens is 299 g/mol.